The first-order chi connectivity index (χ1) is 13.2. The number of hydrogen-bond acceptors (Lipinski definition) is 4. The number of carbonyl (C=O) groups is 1. The summed E-state index contributed by atoms with van der Waals surface area (Å²) < 4.78 is 18.4. The summed E-state index contributed by atoms with van der Waals surface area (Å²) in [6.45, 7) is 7.86. The van der Waals surface area contributed by atoms with Crippen LogP contribution >= 0.6 is 0 Å². The van der Waals surface area contributed by atoms with E-state index in [0.29, 0.717) is 29.5 Å². The molecule has 1 unspecified atom stereocenters. The molecule has 7 nitrogen and oxygen atoms in total. The second kappa shape index (κ2) is 9.36. The summed E-state index contributed by atoms with van der Waals surface area (Å²) in [6, 6.07) is 7.30. The molecule has 0 aliphatic heterocycles. The maximum atomic E-state index is 12.9. The zero-order valence-corrected chi connectivity index (χ0v) is 16.6. The van der Waals surface area contributed by atoms with Gasteiger partial charge in [-0.05, 0) is 58.0 Å². The molecule has 152 valence electrons. The summed E-state index contributed by atoms with van der Waals surface area (Å²) in [7, 11) is 0. The molecule has 1 atom stereocenters. The summed E-state index contributed by atoms with van der Waals surface area (Å²) >= 11 is 0. The SMILES string of the molecule is CCNC(=NCC(=O)Nc1ccc(F)cc1)NCC(C)(O)c1cc(C)oc1C. The van der Waals surface area contributed by atoms with Gasteiger partial charge in [-0.1, -0.05) is 0 Å². The third-order valence-electron chi connectivity index (χ3n) is 4.07. The molecule has 0 fully saturated rings. The number of hydrogen-bond donors (Lipinski definition) is 4. The smallest absolute Gasteiger partial charge is 0.246 e. The lowest BCUT2D eigenvalue weighted by molar-refractivity contribution is -0.114. The molecule has 0 aliphatic rings. The first-order valence-corrected chi connectivity index (χ1v) is 9.08. The first kappa shape index (κ1) is 21.4. The van der Waals surface area contributed by atoms with E-state index in [1.54, 1.807) is 19.9 Å². The molecule has 1 aromatic carbocycles. The number of rotatable bonds is 7. The minimum absolute atomic E-state index is 0.126. The Morgan fingerprint density at radius 3 is 2.50 bits per heavy atom. The number of guanidine groups is 1. The third-order valence-corrected chi connectivity index (χ3v) is 4.07. The van der Waals surface area contributed by atoms with E-state index >= 15 is 0 Å². The Balaban J connectivity index is 1.96. The molecule has 1 aromatic heterocycles. The minimum Gasteiger partial charge on any atom is -0.466 e. The van der Waals surface area contributed by atoms with Crippen molar-refractivity contribution in [3.8, 4) is 0 Å². The molecule has 2 aromatic rings. The van der Waals surface area contributed by atoms with Crippen LogP contribution < -0.4 is 16.0 Å². The number of aliphatic hydroxyl groups is 1. The van der Waals surface area contributed by atoms with Crippen molar-refractivity contribution in [2.24, 2.45) is 4.99 Å². The molecule has 0 spiro atoms. The Hall–Kier alpha value is -2.87. The fourth-order valence-electron chi connectivity index (χ4n) is 2.74. The van der Waals surface area contributed by atoms with Gasteiger partial charge in [-0.25, -0.2) is 9.38 Å². The van der Waals surface area contributed by atoms with E-state index in [9.17, 15) is 14.3 Å². The number of anilines is 1. The highest BCUT2D eigenvalue weighted by Crippen LogP contribution is 2.26. The number of furan rings is 1. The van der Waals surface area contributed by atoms with Crippen LogP contribution in [0.1, 0.15) is 30.9 Å². The first-order valence-electron chi connectivity index (χ1n) is 9.08. The van der Waals surface area contributed by atoms with Crippen LogP contribution in [-0.4, -0.2) is 36.6 Å². The molecule has 0 saturated heterocycles. The van der Waals surface area contributed by atoms with Crippen LogP contribution in [0.5, 0.6) is 0 Å². The minimum atomic E-state index is -1.17. The summed E-state index contributed by atoms with van der Waals surface area (Å²) in [5, 5.41) is 19.5. The molecule has 1 heterocycles. The van der Waals surface area contributed by atoms with Crippen molar-refractivity contribution in [2.45, 2.75) is 33.3 Å². The summed E-state index contributed by atoms with van der Waals surface area (Å²) in [5.74, 6) is 1.08. The summed E-state index contributed by atoms with van der Waals surface area (Å²) in [6.07, 6.45) is 0. The summed E-state index contributed by atoms with van der Waals surface area (Å²) in [4.78, 5) is 16.3. The fourth-order valence-corrected chi connectivity index (χ4v) is 2.74. The predicted molar refractivity (Wildman–Crippen MR) is 107 cm³/mol. The molecular weight excluding hydrogens is 363 g/mol. The van der Waals surface area contributed by atoms with Gasteiger partial charge >= 0.3 is 0 Å². The van der Waals surface area contributed by atoms with E-state index in [4.69, 9.17) is 4.42 Å². The van der Waals surface area contributed by atoms with E-state index in [1.165, 1.54) is 24.3 Å². The van der Waals surface area contributed by atoms with Crippen LogP contribution in [0.4, 0.5) is 10.1 Å². The van der Waals surface area contributed by atoms with E-state index in [0.717, 1.165) is 5.76 Å². The van der Waals surface area contributed by atoms with Crippen molar-refractivity contribution >= 4 is 17.6 Å². The maximum absolute atomic E-state index is 12.9. The van der Waals surface area contributed by atoms with Gasteiger partial charge in [0, 0.05) is 17.8 Å². The Labute approximate surface area is 164 Å². The second-order valence-corrected chi connectivity index (χ2v) is 6.70. The van der Waals surface area contributed by atoms with Crippen LogP contribution in [-0.2, 0) is 10.4 Å². The number of carbonyl (C=O) groups excluding carboxylic acids is 1. The van der Waals surface area contributed by atoms with Crippen LogP contribution in [0.3, 0.4) is 0 Å². The lowest BCUT2D eigenvalue weighted by Gasteiger charge is -2.24. The number of aliphatic imine (C=N–C) groups is 1. The zero-order chi connectivity index (χ0) is 20.7. The van der Waals surface area contributed by atoms with E-state index < -0.39 is 5.60 Å². The number of benzene rings is 1. The van der Waals surface area contributed by atoms with Gasteiger partial charge in [0.2, 0.25) is 5.91 Å². The van der Waals surface area contributed by atoms with Crippen LogP contribution in [0.15, 0.2) is 39.7 Å². The number of aryl methyl sites for hydroxylation is 2. The van der Waals surface area contributed by atoms with Gasteiger partial charge in [0.05, 0.1) is 6.54 Å². The highest BCUT2D eigenvalue weighted by atomic mass is 19.1. The standard InChI is InChI=1S/C20H27FN4O3/c1-5-22-19(23-11-18(26)25-16-8-6-15(21)7-9-16)24-12-20(4,27)17-10-13(2)28-14(17)3/h6-10,27H,5,11-12H2,1-4H3,(H,25,26)(H2,22,23,24). The largest absolute Gasteiger partial charge is 0.466 e. The van der Waals surface area contributed by atoms with Crippen LogP contribution in [0.2, 0.25) is 0 Å². The Morgan fingerprint density at radius 1 is 1.25 bits per heavy atom. The Kier molecular flexibility index (Phi) is 7.17. The number of amides is 1. The van der Waals surface area contributed by atoms with Gasteiger partial charge in [-0.15, -0.1) is 0 Å². The van der Waals surface area contributed by atoms with Gasteiger partial charge < -0.3 is 25.5 Å². The second-order valence-electron chi connectivity index (χ2n) is 6.70. The molecule has 4 N–H and O–H groups in total. The average Bonchev–Trinajstić information content (AvgIpc) is 2.98. The molecule has 1 amide bonds. The third kappa shape index (κ3) is 6.09. The van der Waals surface area contributed by atoms with Crippen molar-refractivity contribution in [2.75, 3.05) is 25.0 Å². The van der Waals surface area contributed by atoms with Crippen molar-refractivity contribution < 1.29 is 18.7 Å². The van der Waals surface area contributed by atoms with E-state index in [-0.39, 0.29) is 24.8 Å². The normalized spacial score (nSPS) is 13.7. The van der Waals surface area contributed by atoms with Gasteiger partial charge in [0.25, 0.3) is 0 Å². The quantitative estimate of drug-likeness (QED) is 0.430. The predicted octanol–water partition coefficient (Wildman–Crippen LogP) is 2.44. The molecule has 28 heavy (non-hydrogen) atoms. The average molecular weight is 390 g/mol. The van der Waals surface area contributed by atoms with Gasteiger partial charge in [-0.2, -0.15) is 0 Å². The highest BCUT2D eigenvalue weighted by Gasteiger charge is 2.27. The van der Waals surface area contributed by atoms with Gasteiger partial charge in [-0.3, -0.25) is 4.79 Å². The van der Waals surface area contributed by atoms with Crippen LogP contribution in [0.25, 0.3) is 0 Å². The molecule has 0 saturated carbocycles. The van der Waals surface area contributed by atoms with Crippen LogP contribution in [0, 0.1) is 19.7 Å². The molecular formula is C20H27FN4O3. The topological polar surface area (TPSA) is 98.9 Å². The van der Waals surface area contributed by atoms with Crippen molar-refractivity contribution in [1.29, 1.82) is 0 Å². The van der Waals surface area contributed by atoms with Crippen molar-refractivity contribution in [3.63, 3.8) is 0 Å². The monoisotopic (exact) mass is 390 g/mol. The number of nitrogens with zero attached hydrogens (tertiary/aromatic N) is 1. The maximum Gasteiger partial charge on any atom is 0.246 e. The van der Waals surface area contributed by atoms with Crippen molar-refractivity contribution in [1.82, 2.24) is 10.6 Å². The number of nitrogens with one attached hydrogen (secondary N) is 3. The fraction of sp³-hybridized carbons (Fsp3) is 0.400. The molecule has 0 bridgehead atoms. The van der Waals surface area contributed by atoms with E-state index in [2.05, 4.69) is 20.9 Å². The van der Waals surface area contributed by atoms with Gasteiger partial charge in [0.15, 0.2) is 5.96 Å². The molecule has 2 rings (SSSR count). The zero-order valence-electron chi connectivity index (χ0n) is 16.6. The molecule has 8 heteroatoms. The lowest BCUT2D eigenvalue weighted by Crippen LogP contribution is -2.45. The molecule has 0 aliphatic carbocycles. The van der Waals surface area contributed by atoms with E-state index in [1.807, 2.05) is 13.8 Å². The van der Waals surface area contributed by atoms with Gasteiger partial charge in [0.1, 0.15) is 29.5 Å². The lowest BCUT2D eigenvalue weighted by atomic mass is 9.96. The molecule has 0 radical (unpaired) electrons. The Bertz CT molecular complexity index is 828. The Morgan fingerprint density at radius 2 is 1.93 bits per heavy atom. The highest BCUT2D eigenvalue weighted by molar-refractivity contribution is 5.94. The summed E-state index contributed by atoms with van der Waals surface area (Å²) in [5.41, 5.74) is 0.0182. The number of halogens is 1. The van der Waals surface area contributed by atoms with Crippen molar-refractivity contribution in [3.05, 3.63) is 53.2 Å².